The molecule has 19 heavy (non-hydrogen) atoms. The highest BCUT2D eigenvalue weighted by Crippen LogP contribution is 2.09. The van der Waals surface area contributed by atoms with Crippen LogP contribution in [0.1, 0.15) is 19.3 Å². The molecule has 2 rings (SSSR count). The van der Waals surface area contributed by atoms with Crippen LogP contribution in [-0.4, -0.2) is 49.5 Å². The van der Waals surface area contributed by atoms with E-state index in [1.165, 1.54) is 25.2 Å². The van der Waals surface area contributed by atoms with Gasteiger partial charge in [-0.3, -0.25) is 0 Å². The maximum atomic E-state index is 11.9. The summed E-state index contributed by atoms with van der Waals surface area (Å²) < 4.78 is 26.3. The van der Waals surface area contributed by atoms with Gasteiger partial charge in [-0.2, -0.15) is 0 Å². The molecule has 0 bridgehead atoms. The molecule has 1 aliphatic rings. The fourth-order valence-corrected chi connectivity index (χ4v) is 3.10. The molecule has 2 heterocycles. The Bertz CT molecular complexity index is 500. The third kappa shape index (κ3) is 4.38. The van der Waals surface area contributed by atoms with Crippen molar-refractivity contribution in [3.05, 3.63) is 17.7 Å². The molecule has 1 aromatic rings. The van der Waals surface area contributed by atoms with Gasteiger partial charge in [-0.15, -0.1) is 0 Å². The van der Waals surface area contributed by atoms with E-state index in [4.69, 9.17) is 11.6 Å². The first kappa shape index (κ1) is 14.6. The van der Waals surface area contributed by atoms with Gasteiger partial charge >= 0.3 is 0 Å². The van der Waals surface area contributed by atoms with Gasteiger partial charge in [0, 0.05) is 6.54 Å². The number of nitrogens with zero attached hydrogens (tertiary/aromatic N) is 3. The van der Waals surface area contributed by atoms with E-state index in [0.717, 1.165) is 26.1 Å². The number of likely N-dealkylation sites (tertiary alicyclic amines) is 1. The summed E-state index contributed by atoms with van der Waals surface area (Å²) in [5.41, 5.74) is 0. The molecule has 6 nitrogen and oxygen atoms in total. The summed E-state index contributed by atoms with van der Waals surface area (Å²) in [5, 5.41) is 0.0352. The van der Waals surface area contributed by atoms with E-state index >= 15 is 0 Å². The van der Waals surface area contributed by atoms with Crippen LogP contribution < -0.4 is 4.72 Å². The number of hydrogen-bond donors (Lipinski definition) is 1. The number of hydrogen-bond acceptors (Lipinski definition) is 5. The van der Waals surface area contributed by atoms with Crippen LogP contribution in [-0.2, 0) is 10.0 Å². The minimum Gasteiger partial charge on any atom is -0.303 e. The van der Waals surface area contributed by atoms with Gasteiger partial charge in [0.2, 0.25) is 15.3 Å². The van der Waals surface area contributed by atoms with Crippen molar-refractivity contribution in [3.8, 4) is 0 Å². The topological polar surface area (TPSA) is 75.2 Å². The lowest BCUT2D eigenvalue weighted by molar-refractivity contribution is 0.334. The van der Waals surface area contributed by atoms with Gasteiger partial charge in [-0.05, 0) is 50.5 Å². The molecule has 0 saturated carbocycles. The largest absolute Gasteiger partial charge is 0.303 e. The molecule has 1 aromatic heterocycles. The summed E-state index contributed by atoms with van der Waals surface area (Å²) in [6, 6.07) is 0. The molecular formula is C11H17ClN4O2S. The van der Waals surface area contributed by atoms with Crippen LogP contribution in [0.15, 0.2) is 17.3 Å². The molecule has 8 heteroatoms. The maximum Gasteiger partial charge on any atom is 0.243 e. The second-order valence-electron chi connectivity index (χ2n) is 4.49. The lowest BCUT2D eigenvalue weighted by atomic mass is 10.4. The predicted molar refractivity (Wildman–Crippen MR) is 72.5 cm³/mol. The molecule has 0 amide bonds. The molecule has 106 valence electrons. The lowest BCUT2D eigenvalue weighted by Gasteiger charge is -2.14. The normalized spacial score (nSPS) is 16.9. The van der Waals surface area contributed by atoms with Crippen LogP contribution in [0, 0.1) is 0 Å². The van der Waals surface area contributed by atoms with Crippen molar-refractivity contribution in [1.29, 1.82) is 0 Å². The Morgan fingerprint density at radius 3 is 2.53 bits per heavy atom. The minimum absolute atomic E-state index is 0.0352. The molecule has 0 aromatic carbocycles. The lowest BCUT2D eigenvalue weighted by Crippen LogP contribution is -2.28. The highest BCUT2D eigenvalue weighted by Gasteiger charge is 2.15. The molecule has 1 fully saturated rings. The van der Waals surface area contributed by atoms with E-state index in [1.807, 2.05) is 0 Å². The standard InChI is InChI=1S/C11H17ClN4O2S/c12-11-13-8-10(9-14-11)19(17,18)15-4-3-7-16-5-1-2-6-16/h8-9,15H,1-7H2. The Balaban J connectivity index is 1.79. The molecule has 1 saturated heterocycles. The summed E-state index contributed by atoms with van der Waals surface area (Å²) in [4.78, 5) is 9.71. The van der Waals surface area contributed by atoms with Crippen molar-refractivity contribution in [2.24, 2.45) is 0 Å². The van der Waals surface area contributed by atoms with E-state index in [0.29, 0.717) is 6.54 Å². The summed E-state index contributed by atoms with van der Waals surface area (Å²) in [6.07, 6.45) is 5.70. The summed E-state index contributed by atoms with van der Waals surface area (Å²) in [6.45, 7) is 3.59. The quantitative estimate of drug-likeness (QED) is 0.624. The van der Waals surface area contributed by atoms with E-state index in [-0.39, 0.29) is 10.2 Å². The Morgan fingerprint density at radius 1 is 1.26 bits per heavy atom. The van der Waals surface area contributed by atoms with Crippen LogP contribution in [0.25, 0.3) is 0 Å². The summed E-state index contributed by atoms with van der Waals surface area (Å²) in [5.74, 6) is 0. The van der Waals surface area contributed by atoms with Gasteiger partial charge in [0.15, 0.2) is 0 Å². The number of nitrogens with one attached hydrogen (secondary N) is 1. The fourth-order valence-electron chi connectivity index (χ4n) is 2.04. The second-order valence-corrected chi connectivity index (χ2v) is 6.59. The number of sulfonamides is 1. The fraction of sp³-hybridized carbons (Fsp3) is 0.636. The number of rotatable bonds is 6. The Labute approximate surface area is 118 Å². The molecule has 0 radical (unpaired) electrons. The van der Waals surface area contributed by atoms with Crippen molar-refractivity contribution in [1.82, 2.24) is 19.6 Å². The van der Waals surface area contributed by atoms with Crippen molar-refractivity contribution in [3.63, 3.8) is 0 Å². The maximum absolute atomic E-state index is 11.9. The van der Waals surface area contributed by atoms with E-state index in [2.05, 4.69) is 19.6 Å². The molecule has 1 N–H and O–H groups in total. The molecule has 0 aliphatic carbocycles. The number of halogens is 1. The zero-order chi connectivity index (χ0) is 13.7. The van der Waals surface area contributed by atoms with Crippen molar-refractivity contribution < 1.29 is 8.42 Å². The van der Waals surface area contributed by atoms with Crippen LogP contribution >= 0.6 is 11.6 Å². The smallest absolute Gasteiger partial charge is 0.243 e. The van der Waals surface area contributed by atoms with Crippen molar-refractivity contribution in [2.45, 2.75) is 24.2 Å². The van der Waals surface area contributed by atoms with Gasteiger partial charge in [-0.25, -0.2) is 23.1 Å². The zero-order valence-corrected chi connectivity index (χ0v) is 12.1. The highest BCUT2D eigenvalue weighted by atomic mass is 35.5. The van der Waals surface area contributed by atoms with Gasteiger partial charge in [0.05, 0.1) is 12.4 Å². The monoisotopic (exact) mass is 304 g/mol. The second kappa shape index (κ2) is 6.60. The average molecular weight is 305 g/mol. The summed E-state index contributed by atoms with van der Waals surface area (Å²) >= 11 is 5.52. The number of aromatic nitrogens is 2. The minimum atomic E-state index is -3.52. The van der Waals surface area contributed by atoms with E-state index < -0.39 is 10.0 Å². The van der Waals surface area contributed by atoms with Gasteiger partial charge in [0.1, 0.15) is 4.90 Å². The predicted octanol–water partition coefficient (Wildman–Crippen LogP) is 0.894. The zero-order valence-electron chi connectivity index (χ0n) is 10.5. The van der Waals surface area contributed by atoms with Crippen molar-refractivity contribution in [2.75, 3.05) is 26.2 Å². The van der Waals surface area contributed by atoms with Crippen molar-refractivity contribution >= 4 is 21.6 Å². The van der Waals surface area contributed by atoms with E-state index in [1.54, 1.807) is 0 Å². The average Bonchev–Trinajstić information content (AvgIpc) is 2.88. The van der Waals surface area contributed by atoms with Crippen LogP contribution in [0.5, 0.6) is 0 Å². The van der Waals surface area contributed by atoms with Gasteiger partial charge in [0.25, 0.3) is 0 Å². The first-order chi connectivity index (χ1) is 9.08. The molecule has 0 atom stereocenters. The Morgan fingerprint density at radius 2 is 1.89 bits per heavy atom. The SMILES string of the molecule is O=S(=O)(NCCCN1CCCC1)c1cnc(Cl)nc1. The molecular weight excluding hydrogens is 288 g/mol. The summed E-state index contributed by atoms with van der Waals surface area (Å²) in [7, 11) is -3.52. The van der Waals surface area contributed by atoms with Crippen LogP contribution in [0.3, 0.4) is 0 Å². The van der Waals surface area contributed by atoms with E-state index in [9.17, 15) is 8.42 Å². The highest BCUT2D eigenvalue weighted by molar-refractivity contribution is 7.89. The first-order valence-electron chi connectivity index (χ1n) is 6.27. The van der Waals surface area contributed by atoms with Crippen LogP contribution in [0.2, 0.25) is 5.28 Å². The van der Waals surface area contributed by atoms with Gasteiger partial charge in [-0.1, -0.05) is 0 Å². The molecule has 1 aliphatic heterocycles. The van der Waals surface area contributed by atoms with Gasteiger partial charge < -0.3 is 4.90 Å². The third-order valence-electron chi connectivity index (χ3n) is 3.05. The molecule has 0 unspecified atom stereocenters. The van der Waals surface area contributed by atoms with Crippen LogP contribution in [0.4, 0.5) is 0 Å². The third-order valence-corrected chi connectivity index (χ3v) is 4.66. The Kier molecular flexibility index (Phi) is 5.09. The molecule has 0 spiro atoms. The Hall–Kier alpha value is -0.760. The first-order valence-corrected chi connectivity index (χ1v) is 8.13.